The van der Waals surface area contributed by atoms with E-state index in [0.29, 0.717) is 37.0 Å². The molecule has 1 fully saturated rings. The molecule has 3 aromatic carbocycles. The van der Waals surface area contributed by atoms with Gasteiger partial charge in [0.05, 0.1) is 18.1 Å². The van der Waals surface area contributed by atoms with Gasteiger partial charge in [0.1, 0.15) is 22.8 Å². The van der Waals surface area contributed by atoms with Crippen LogP contribution in [0.3, 0.4) is 0 Å². The Morgan fingerprint density at radius 3 is 2.33 bits per heavy atom. The van der Waals surface area contributed by atoms with Crippen molar-refractivity contribution in [2.75, 3.05) is 38.2 Å². The van der Waals surface area contributed by atoms with Crippen LogP contribution in [0.1, 0.15) is 11.3 Å². The Morgan fingerprint density at radius 2 is 1.69 bits per heavy atom. The van der Waals surface area contributed by atoms with Gasteiger partial charge in [-0.2, -0.15) is 13.2 Å². The molecule has 0 saturated carbocycles. The lowest BCUT2D eigenvalue weighted by molar-refractivity contribution is -0.154. The molecule has 1 N–H and O–H groups in total. The Hall–Kier alpha value is -3.89. The summed E-state index contributed by atoms with van der Waals surface area (Å²) in [4.78, 5) is 17.4. The number of fused-ring (bicyclic) bond motifs is 1. The number of aromatic hydroxyl groups is 1. The van der Waals surface area contributed by atoms with E-state index in [1.807, 2.05) is 23.1 Å². The van der Waals surface area contributed by atoms with E-state index in [1.165, 1.54) is 43.5 Å². The van der Waals surface area contributed by atoms with E-state index in [4.69, 9.17) is 25.5 Å². The van der Waals surface area contributed by atoms with Crippen LogP contribution in [-0.4, -0.2) is 43.3 Å². The Bertz CT molecular complexity index is 1550. The predicted octanol–water partition coefficient (Wildman–Crippen LogP) is 6.29. The predicted molar refractivity (Wildman–Crippen MR) is 141 cm³/mol. The fourth-order valence-electron chi connectivity index (χ4n) is 4.54. The first-order valence-corrected chi connectivity index (χ1v) is 12.5. The van der Waals surface area contributed by atoms with Crippen molar-refractivity contribution in [2.45, 2.75) is 12.7 Å². The summed E-state index contributed by atoms with van der Waals surface area (Å²) in [7, 11) is 1.45. The maximum absolute atomic E-state index is 14.1. The lowest BCUT2D eigenvalue weighted by Crippen LogP contribution is -2.46. The second-order valence-corrected chi connectivity index (χ2v) is 9.48. The average molecular weight is 561 g/mol. The van der Waals surface area contributed by atoms with Crippen LogP contribution < -0.4 is 19.8 Å². The molecule has 0 radical (unpaired) electrons. The number of rotatable bonds is 6. The molecular weight excluding hydrogens is 537 g/mol. The summed E-state index contributed by atoms with van der Waals surface area (Å²) in [5, 5.41) is 11.1. The quantitative estimate of drug-likeness (QED) is 0.297. The molecule has 11 heteroatoms. The van der Waals surface area contributed by atoms with Crippen LogP contribution in [0.4, 0.5) is 18.9 Å². The molecule has 39 heavy (non-hydrogen) atoms. The van der Waals surface area contributed by atoms with Gasteiger partial charge in [0, 0.05) is 43.4 Å². The van der Waals surface area contributed by atoms with E-state index in [9.17, 15) is 23.1 Å². The highest BCUT2D eigenvalue weighted by molar-refractivity contribution is 6.30. The van der Waals surface area contributed by atoms with Gasteiger partial charge in [0.15, 0.2) is 0 Å². The fourth-order valence-corrected chi connectivity index (χ4v) is 4.73. The van der Waals surface area contributed by atoms with Crippen LogP contribution >= 0.6 is 11.6 Å². The molecule has 5 rings (SSSR count). The number of methoxy groups -OCH3 is 1. The Balaban J connectivity index is 1.47. The summed E-state index contributed by atoms with van der Waals surface area (Å²) in [5.41, 5.74) is -0.249. The normalized spacial score (nSPS) is 14.5. The van der Waals surface area contributed by atoms with Gasteiger partial charge in [-0.25, -0.2) is 0 Å². The first-order valence-electron chi connectivity index (χ1n) is 12.1. The first kappa shape index (κ1) is 26.7. The molecule has 1 aromatic heterocycles. The second kappa shape index (κ2) is 10.7. The van der Waals surface area contributed by atoms with Crippen LogP contribution in [0.25, 0.3) is 11.0 Å². The summed E-state index contributed by atoms with van der Waals surface area (Å²) < 4.78 is 58.0. The van der Waals surface area contributed by atoms with Crippen molar-refractivity contribution < 1.29 is 32.2 Å². The number of phenolic OH excluding ortho intramolecular Hbond substituents is 1. The number of nitrogens with zero attached hydrogens (tertiary/aromatic N) is 2. The summed E-state index contributed by atoms with van der Waals surface area (Å²) in [6.07, 6.45) is -5.03. The van der Waals surface area contributed by atoms with Crippen LogP contribution in [0, 0.1) is 0 Å². The molecule has 1 saturated heterocycles. The summed E-state index contributed by atoms with van der Waals surface area (Å²) in [6, 6.07) is 15.7. The number of anilines is 1. The second-order valence-electron chi connectivity index (χ2n) is 9.05. The molecule has 0 bridgehead atoms. The molecule has 0 atom stereocenters. The van der Waals surface area contributed by atoms with Gasteiger partial charge in [-0.15, -0.1) is 0 Å². The van der Waals surface area contributed by atoms with Crippen molar-refractivity contribution >= 4 is 28.3 Å². The van der Waals surface area contributed by atoms with E-state index >= 15 is 0 Å². The van der Waals surface area contributed by atoms with Gasteiger partial charge in [0.2, 0.25) is 11.2 Å². The SMILES string of the molecule is COc1ccc(Oc2c(C(F)(F)F)oc3c(CN4CCN(c5cccc(Cl)c5)CC4)c(O)ccc3c2=O)cc1. The fraction of sp³-hybridized carbons (Fsp3) is 0.250. The summed E-state index contributed by atoms with van der Waals surface area (Å²) in [5.74, 6) is -2.35. The number of benzene rings is 3. The van der Waals surface area contributed by atoms with E-state index < -0.39 is 23.1 Å². The van der Waals surface area contributed by atoms with Gasteiger partial charge in [0.25, 0.3) is 5.76 Å². The lowest BCUT2D eigenvalue weighted by Gasteiger charge is -2.36. The zero-order chi connectivity index (χ0) is 27.7. The lowest BCUT2D eigenvalue weighted by atomic mass is 10.1. The highest BCUT2D eigenvalue weighted by Crippen LogP contribution is 2.40. The largest absolute Gasteiger partial charge is 0.507 e. The number of hydrogen-bond donors (Lipinski definition) is 1. The van der Waals surface area contributed by atoms with E-state index in [1.54, 1.807) is 6.07 Å². The molecule has 0 unspecified atom stereocenters. The van der Waals surface area contributed by atoms with E-state index in [-0.39, 0.29) is 34.6 Å². The monoisotopic (exact) mass is 560 g/mol. The Kier molecular flexibility index (Phi) is 7.33. The number of phenols is 1. The first-order chi connectivity index (χ1) is 18.6. The minimum Gasteiger partial charge on any atom is -0.507 e. The number of ether oxygens (including phenoxy) is 2. The molecule has 7 nitrogen and oxygen atoms in total. The van der Waals surface area contributed by atoms with Crippen LogP contribution in [-0.2, 0) is 12.7 Å². The molecule has 2 heterocycles. The third-order valence-electron chi connectivity index (χ3n) is 6.56. The molecular formula is C28H24ClF3N2O5. The smallest absolute Gasteiger partial charge is 0.453 e. The third-order valence-corrected chi connectivity index (χ3v) is 6.80. The summed E-state index contributed by atoms with van der Waals surface area (Å²) in [6.45, 7) is 2.51. The van der Waals surface area contributed by atoms with Crippen molar-refractivity contribution in [1.29, 1.82) is 0 Å². The molecule has 4 aromatic rings. The van der Waals surface area contributed by atoms with Gasteiger partial charge in [-0.05, 0) is 54.6 Å². The van der Waals surface area contributed by atoms with Crippen LogP contribution in [0.5, 0.6) is 23.0 Å². The third kappa shape index (κ3) is 5.62. The number of piperazine rings is 1. The number of hydrogen-bond acceptors (Lipinski definition) is 7. The zero-order valence-electron chi connectivity index (χ0n) is 20.8. The average Bonchev–Trinajstić information content (AvgIpc) is 2.92. The van der Waals surface area contributed by atoms with Gasteiger partial charge >= 0.3 is 6.18 Å². The Morgan fingerprint density at radius 1 is 1.00 bits per heavy atom. The van der Waals surface area contributed by atoms with Gasteiger partial charge in [-0.3, -0.25) is 9.69 Å². The molecule has 0 aliphatic carbocycles. The van der Waals surface area contributed by atoms with Gasteiger partial charge in [-0.1, -0.05) is 17.7 Å². The van der Waals surface area contributed by atoms with E-state index in [2.05, 4.69) is 4.90 Å². The molecule has 0 spiro atoms. The van der Waals surface area contributed by atoms with Crippen LogP contribution in [0.2, 0.25) is 5.02 Å². The van der Waals surface area contributed by atoms with Crippen molar-refractivity contribution in [1.82, 2.24) is 4.90 Å². The standard InChI is InChI=1S/C28H24ClF3N2O5/c1-37-19-5-7-20(8-6-19)38-26-24(36)21-9-10-23(35)22(25(21)39-27(26)28(30,31)32)16-33-11-13-34(14-12-33)18-4-2-3-17(29)15-18/h2-10,15,35H,11-14,16H2,1H3. The van der Waals surface area contributed by atoms with Crippen molar-refractivity contribution in [3.05, 3.63) is 87.2 Å². The maximum Gasteiger partial charge on any atom is 0.453 e. The molecule has 204 valence electrons. The minimum absolute atomic E-state index is 0.00419. The van der Waals surface area contributed by atoms with Crippen molar-refractivity contribution in [3.63, 3.8) is 0 Å². The van der Waals surface area contributed by atoms with Crippen LogP contribution in [0.15, 0.2) is 69.9 Å². The minimum atomic E-state index is -5.03. The number of halogens is 4. The van der Waals surface area contributed by atoms with Gasteiger partial charge < -0.3 is 23.9 Å². The zero-order valence-corrected chi connectivity index (χ0v) is 21.6. The number of alkyl halides is 3. The highest BCUT2D eigenvalue weighted by atomic mass is 35.5. The van der Waals surface area contributed by atoms with Crippen molar-refractivity contribution in [2.24, 2.45) is 0 Å². The summed E-state index contributed by atoms with van der Waals surface area (Å²) >= 11 is 6.10. The Labute approximate surface area is 226 Å². The van der Waals surface area contributed by atoms with E-state index in [0.717, 1.165) is 5.69 Å². The van der Waals surface area contributed by atoms with Crippen molar-refractivity contribution in [3.8, 4) is 23.0 Å². The topological polar surface area (TPSA) is 75.4 Å². The molecule has 1 aliphatic heterocycles. The molecule has 0 amide bonds. The highest BCUT2D eigenvalue weighted by Gasteiger charge is 2.41. The molecule has 1 aliphatic rings. The maximum atomic E-state index is 14.1.